The summed E-state index contributed by atoms with van der Waals surface area (Å²) in [6, 6.07) is 4.26. The van der Waals surface area contributed by atoms with Gasteiger partial charge in [-0.15, -0.1) is 0 Å². The van der Waals surface area contributed by atoms with E-state index in [0.717, 1.165) is 18.5 Å². The highest BCUT2D eigenvalue weighted by atomic mass is 15.0. The normalized spacial score (nSPS) is 18.7. The van der Waals surface area contributed by atoms with Crippen molar-refractivity contribution in [2.45, 2.75) is 40.0 Å². The van der Waals surface area contributed by atoms with Crippen molar-refractivity contribution in [1.82, 2.24) is 9.38 Å². The smallest absolute Gasteiger partial charge is 0.137 e. The van der Waals surface area contributed by atoms with E-state index in [1.807, 2.05) is 0 Å². The molecule has 2 heteroatoms. The Morgan fingerprint density at radius 1 is 1.31 bits per heavy atom. The van der Waals surface area contributed by atoms with Crippen LogP contribution in [0.2, 0.25) is 0 Å². The third-order valence-corrected chi connectivity index (χ3v) is 3.63. The van der Waals surface area contributed by atoms with Crippen LogP contribution < -0.4 is 0 Å². The molecule has 2 aromatic heterocycles. The number of imidazole rings is 1. The third kappa shape index (κ3) is 1.44. The summed E-state index contributed by atoms with van der Waals surface area (Å²) >= 11 is 0. The Hall–Kier alpha value is -1.31. The molecular weight excluding hydrogens is 196 g/mol. The number of rotatable bonds is 0. The van der Waals surface area contributed by atoms with Crippen molar-refractivity contribution in [2.75, 3.05) is 0 Å². The maximum atomic E-state index is 4.72. The molecule has 0 aliphatic heterocycles. The molecule has 2 aromatic rings. The van der Waals surface area contributed by atoms with Gasteiger partial charge in [0.2, 0.25) is 0 Å². The van der Waals surface area contributed by atoms with Crippen LogP contribution in [0.4, 0.5) is 0 Å². The van der Waals surface area contributed by atoms with Crippen LogP contribution in [-0.4, -0.2) is 9.38 Å². The van der Waals surface area contributed by atoms with Crippen LogP contribution in [-0.2, 0) is 12.8 Å². The predicted octanol–water partition coefficient (Wildman–Crippen LogP) is 3.16. The average Bonchev–Trinajstić information content (AvgIpc) is 2.55. The van der Waals surface area contributed by atoms with Crippen LogP contribution in [0.15, 0.2) is 18.3 Å². The lowest BCUT2D eigenvalue weighted by Gasteiger charge is -2.28. The van der Waals surface area contributed by atoms with Gasteiger partial charge in [-0.3, -0.25) is 0 Å². The molecule has 0 atom stereocenters. The molecule has 0 saturated carbocycles. The molecule has 3 rings (SSSR count). The summed E-state index contributed by atoms with van der Waals surface area (Å²) in [7, 11) is 0. The molecule has 16 heavy (non-hydrogen) atoms. The zero-order valence-corrected chi connectivity index (χ0v) is 10.2. The van der Waals surface area contributed by atoms with E-state index in [2.05, 4.69) is 43.5 Å². The molecule has 2 heterocycles. The van der Waals surface area contributed by atoms with Gasteiger partial charge in [0.1, 0.15) is 5.65 Å². The molecule has 0 N–H and O–H groups in total. The molecule has 0 saturated heterocycles. The number of pyridine rings is 1. The standard InChI is InChI=1S/C14H18N2/c1-10-4-5-13-15-11-6-7-14(2,3)8-12(11)16(13)9-10/h4-5,9H,6-8H2,1-3H3. The molecule has 0 amide bonds. The number of fused-ring (bicyclic) bond motifs is 3. The quantitative estimate of drug-likeness (QED) is 0.658. The summed E-state index contributed by atoms with van der Waals surface area (Å²) in [5, 5.41) is 0. The zero-order valence-electron chi connectivity index (χ0n) is 10.2. The highest BCUT2D eigenvalue weighted by molar-refractivity contribution is 5.45. The molecule has 2 nitrogen and oxygen atoms in total. The van der Waals surface area contributed by atoms with Gasteiger partial charge in [0.25, 0.3) is 0 Å². The Bertz CT molecular complexity index is 549. The third-order valence-electron chi connectivity index (χ3n) is 3.63. The fourth-order valence-corrected chi connectivity index (χ4v) is 2.63. The first kappa shape index (κ1) is 9.88. The minimum absolute atomic E-state index is 0.423. The van der Waals surface area contributed by atoms with E-state index in [0.29, 0.717) is 5.41 Å². The fourth-order valence-electron chi connectivity index (χ4n) is 2.63. The van der Waals surface area contributed by atoms with Gasteiger partial charge in [0.05, 0.1) is 5.69 Å². The average molecular weight is 214 g/mol. The van der Waals surface area contributed by atoms with E-state index in [-0.39, 0.29) is 0 Å². The highest BCUT2D eigenvalue weighted by Crippen LogP contribution is 2.34. The van der Waals surface area contributed by atoms with E-state index in [1.54, 1.807) is 0 Å². The van der Waals surface area contributed by atoms with E-state index < -0.39 is 0 Å². The van der Waals surface area contributed by atoms with Gasteiger partial charge < -0.3 is 4.40 Å². The second kappa shape index (κ2) is 3.09. The van der Waals surface area contributed by atoms with Crippen molar-refractivity contribution in [2.24, 2.45) is 5.41 Å². The predicted molar refractivity (Wildman–Crippen MR) is 65.7 cm³/mol. The molecule has 84 valence electrons. The first-order valence-electron chi connectivity index (χ1n) is 6.02. The van der Waals surface area contributed by atoms with Crippen LogP contribution >= 0.6 is 0 Å². The fraction of sp³-hybridized carbons (Fsp3) is 0.500. The van der Waals surface area contributed by atoms with Crippen molar-refractivity contribution in [1.29, 1.82) is 0 Å². The number of hydrogen-bond donors (Lipinski definition) is 0. The lowest BCUT2D eigenvalue weighted by atomic mass is 9.78. The maximum absolute atomic E-state index is 4.72. The first-order valence-corrected chi connectivity index (χ1v) is 6.02. The Kier molecular flexibility index (Phi) is 1.91. The topological polar surface area (TPSA) is 17.3 Å². The van der Waals surface area contributed by atoms with Crippen molar-refractivity contribution in [3.05, 3.63) is 35.3 Å². The first-order chi connectivity index (χ1) is 7.55. The van der Waals surface area contributed by atoms with Gasteiger partial charge in [0.15, 0.2) is 0 Å². The number of hydrogen-bond acceptors (Lipinski definition) is 1. The van der Waals surface area contributed by atoms with E-state index in [9.17, 15) is 0 Å². The Balaban J connectivity index is 2.23. The van der Waals surface area contributed by atoms with Crippen LogP contribution in [0, 0.1) is 12.3 Å². The molecule has 0 spiro atoms. The van der Waals surface area contributed by atoms with Crippen molar-refractivity contribution >= 4 is 5.65 Å². The number of aryl methyl sites for hydroxylation is 2. The van der Waals surface area contributed by atoms with Crippen LogP contribution in [0.25, 0.3) is 5.65 Å². The Labute approximate surface area is 96.3 Å². The summed E-state index contributed by atoms with van der Waals surface area (Å²) in [5.41, 5.74) is 5.57. The number of aromatic nitrogens is 2. The molecule has 1 aliphatic carbocycles. The Morgan fingerprint density at radius 2 is 2.12 bits per heavy atom. The summed E-state index contributed by atoms with van der Waals surface area (Å²) in [5.74, 6) is 0. The summed E-state index contributed by atoms with van der Waals surface area (Å²) in [6.07, 6.45) is 5.74. The van der Waals surface area contributed by atoms with E-state index >= 15 is 0 Å². The maximum Gasteiger partial charge on any atom is 0.137 e. The van der Waals surface area contributed by atoms with E-state index in [1.165, 1.54) is 23.4 Å². The van der Waals surface area contributed by atoms with Gasteiger partial charge in [-0.05, 0) is 43.2 Å². The van der Waals surface area contributed by atoms with Crippen molar-refractivity contribution in [3.63, 3.8) is 0 Å². The van der Waals surface area contributed by atoms with Crippen LogP contribution in [0.1, 0.15) is 37.2 Å². The lowest BCUT2D eigenvalue weighted by Crippen LogP contribution is -2.22. The molecule has 0 bridgehead atoms. The van der Waals surface area contributed by atoms with Gasteiger partial charge in [0, 0.05) is 11.9 Å². The SMILES string of the molecule is Cc1ccc2nc3c(n2c1)CC(C)(C)CC3. The number of nitrogens with zero attached hydrogens (tertiary/aromatic N) is 2. The molecule has 0 radical (unpaired) electrons. The molecule has 1 aliphatic rings. The summed E-state index contributed by atoms with van der Waals surface area (Å²) in [4.78, 5) is 4.72. The largest absolute Gasteiger partial charge is 0.304 e. The van der Waals surface area contributed by atoms with Crippen LogP contribution in [0.3, 0.4) is 0 Å². The highest BCUT2D eigenvalue weighted by Gasteiger charge is 2.28. The minimum atomic E-state index is 0.423. The Morgan fingerprint density at radius 3 is 2.94 bits per heavy atom. The summed E-state index contributed by atoms with van der Waals surface area (Å²) < 4.78 is 2.28. The molecule has 0 aromatic carbocycles. The second-order valence-corrected chi connectivity index (χ2v) is 5.78. The zero-order chi connectivity index (χ0) is 11.3. The van der Waals surface area contributed by atoms with Crippen LogP contribution in [0.5, 0.6) is 0 Å². The van der Waals surface area contributed by atoms with Gasteiger partial charge in [-0.25, -0.2) is 4.98 Å². The van der Waals surface area contributed by atoms with Gasteiger partial charge in [-0.2, -0.15) is 0 Å². The second-order valence-electron chi connectivity index (χ2n) is 5.78. The van der Waals surface area contributed by atoms with Gasteiger partial charge >= 0.3 is 0 Å². The van der Waals surface area contributed by atoms with Gasteiger partial charge in [-0.1, -0.05) is 19.9 Å². The molecule has 0 fully saturated rings. The monoisotopic (exact) mass is 214 g/mol. The van der Waals surface area contributed by atoms with Crippen molar-refractivity contribution in [3.8, 4) is 0 Å². The minimum Gasteiger partial charge on any atom is -0.304 e. The molecular formula is C14H18N2. The van der Waals surface area contributed by atoms with E-state index in [4.69, 9.17) is 4.98 Å². The molecule has 0 unspecified atom stereocenters. The van der Waals surface area contributed by atoms with Crippen molar-refractivity contribution < 1.29 is 0 Å². The lowest BCUT2D eigenvalue weighted by molar-refractivity contribution is 0.309. The summed E-state index contributed by atoms with van der Waals surface area (Å²) in [6.45, 7) is 6.84.